The summed E-state index contributed by atoms with van der Waals surface area (Å²) in [6.07, 6.45) is -3.48. The molecule has 3 heterocycles. The minimum Gasteiger partial charge on any atom is -0.353 e. The molecule has 1 saturated heterocycles. The number of alkyl halides is 3. The lowest BCUT2D eigenvalue weighted by Gasteiger charge is -2.35. The van der Waals surface area contributed by atoms with Gasteiger partial charge in [0.2, 0.25) is 5.91 Å². The summed E-state index contributed by atoms with van der Waals surface area (Å²) in [5.74, 6) is -1.53. The van der Waals surface area contributed by atoms with Gasteiger partial charge in [0.15, 0.2) is 5.13 Å². The molecular weight excluding hydrogens is 560 g/mol. The van der Waals surface area contributed by atoms with Crippen LogP contribution in [0.1, 0.15) is 29.8 Å². The van der Waals surface area contributed by atoms with Crippen LogP contribution in [0, 0.1) is 5.82 Å². The molecule has 0 atom stereocenters. The molecule has 2 N–H and O–H groups in total. The third kappa shape index (κ3) is 7.02. The Hall–Kier alpha value is -3.29. The van der Waals surface area contributed by atoms with Crippen molar-refractivity contribution in [3.63, 3.8) is 0 Å². The molecule has 0 radical (unpaired) electrons. The van der Waals surface area contributed by atoms with E-state index in [0.29, 0.717) is 44.6 Å². The number of anilines is 2. The van der Waals surface area contributed by atoms with Crippen molar-refractivity contribution < 1.29 is 27.2 Å². The Labute approximate surface area is 231 Å². The topological polar surface area (TPSA) is 90.5 Å². The minimum atomic E-state index is -4.84. The highest BCUT2D eigenvalue weighted by Gasteiger charge is 2.35. The van der Waals surface area contributed by atoms with E-state index in [-0.39, 0.29) is 38.9 Å². The van der Waals surface area contributed by atoms with Gasteiger partial charge >= 0.3 is 6.18 Å². The lowest BCUT2D eigenvalue weighted by molar-refractivity contribution is -0.139. The number of thiazole rings is 1. The van der Waals surface area contributed by atoms with Crippen molar-refractivity contribution in [2.75, 3.05) is 42.9 Å². The molecule has 0 spiro atoms. The average Bonchev–Trinajstić information content (AvgIpc) is 3.31. The fraction of sp³-hybridized carbons (Fsp3) is 0.360. The van der Waals surface area contributed by atoms with Crippen molar-refractivity contribution >= 4 is 45.7 Å². The number of carbonyl (C=O) groups excluding carboxylic acids is 2. The van der Waals surface area contributed by atoms with Crippen LogP contribution < -0.4 is 15.5 Å². The van der Waals surface area contributed by atoms with Gasteiger partial charge in [0.1, 0.15) is 11.6 Å². The van der Waals surface area contributed by atoms with Gasteiger partial charge in [-0.15, -0.1) is 11.3 Å². The van der Waals surface area contributed by atoms with Gasteiger partial charge in [0, 0.05) is 49.4 Å². The van der Waals surface area contributed by atoms with Crippen molar-refractivity contribution in [3.05, 3.63) is 57.8 Å². The molecule has 4 rings (SSSR count). The number of amides is 2. The maximum atomic E-state index is 14.5. The van der Waals surface area contributed by atoms with E-state index >= 15 is 0 Å². The van der Waals surface area contributed by atoms with Crippen LogP contribution in [-0.2, 0) is 11.0 Å². The number of nitrogens with zero attached hydrogens (tertiary/aromatic N) is 4. The highest BCUT2D eigenvalue weighted by atomic mass is 35.5. The molecule has 0 aliphatic carbocycles. The number of aromatic nitrogens is 2. The third-order valence-electron chi connectivity index (χ3n) is 5.88. The van der Waals surface area contributed by atoms with Crippen LogP contribution in [0.5, 0.6) is 0 Å². The molecule has 0 unspecified atom stereocenters. The molecule has 8 nitrogen and oxygen atoms in total. The maximum absolute atomic E-state index is 14.5. The SMILES string of the molecule is CC(C)NC(=O)CN1CCN(c2ncc(C(=O)Nc3nc(-c4cccc(C(F)(F)F)c4F)cs3)cc2Cl)CC1. The molecule has 1 fully saturated rings. The van der Waals surface area contributed by atoms with E-state index in [1.165, 1.54) is 23.7 Å². The highest BCUT2D eigenvalue weighted by Crippen LogP contribution is 2.36. The molecule has 1 aromatic carbocycles. The van der Waals surface area contributed by atoms with E-state index in [4.69, 9.17) is 11.6 Å². The number of benzene rings is 1. The summed E-state index contributed by atoms with van der Waals surface area (Å²) in [6, 6.07) is 4.47. The van der Waals surface area contributed by atoms with Crippen molar-refractivity contribution in [1.82, 2.24) is 20.2 Å². The van der Waals surface area contributed by atoms with Gasteiger partial charge < -0.3 is 10.2 Å². The molecule has 2 aromatic heterocycles. The minimum absolute atomic E-state index is 0.0303. The molecule has 39 heavy (non-hydrogen) atoms. The second-order valence-electron chi connectivity index (χ2n) is 9.17. The number of hydrogen-bond acceptors (Lipinski definition) is 7. The zero-order valence-corrected chi connectivity index (χ0v) is 22.6. The van der Waals surface area contributed by atoms with E-state index in [2.05, 4.69) is 20.6 Å². The number of halogens is 5. The predicted molar refractivity (Wildman–Crippen MR) is 142 cm³/mol. The molecule has 208 valence electrons. The fourth-order valence-corrected chi connectivity index (χ4v) is 5.04. The smallest absolute Gasteiger partial charge is 0.353 e. The fourth-order valence-electron chi connectivity index (χ4n) is 4.05. The molecule has 14 heteroatoms. The van der Waals surface area contributed by atoms with Gasteiger partial charge in [-0.05, 0) is 32.0 Å². The second-order valence-corrected chi connectivity index (χ2v) is 10.4. The molecule has 1 aliphatic heterocycles. The lowest BCUT2D eigenvalue weighted by atomic mass is 10.1. The monoisotopic (exact) mass is 584 g/mol. The first-order valence-corrected chi connectivity index (χ1v) is 13.2. The standard InChI is InChI=1S/C25H25ClF4N6O2S/c1-14(2)32-20(37)12-35-6-8-36(9-7-35)22-18(26)10-15(11-31-22)23(38)34-24-33-19(13-39-24)16-4-3-5-17(21(16)27)25(28,29)30/h3-5,10-11,13-14H,6-9,12H2,1-2H3,(H,32,37)(H,33,34,38). The molecule has 3 aromatic rings. The number of hydrogen-bond donors (Lipinski definition) is 2. The Balaban J connectivity index is 1.38. The van der Waals surface area contributed by atoms with Gasteiger partial charge in [0.05, 0.1) is 28.4 Å². The molecule has 2 amide bonds. The van der Waals surface area contributed by atoms with Crippen LogP contribution in [0.25, 0.3) is 11.3 Å². The summed E-state index contributed by atoms with van der Waals surface area (Å²) < 4.78 is 53.6. The number of carbonyl (C=O) groups is 2. The van der Waals surface area contributed by atoms with E-state index in [0.717, 1.165) is 17.4 Å². The largest absolute Gasteiger partial charge is 0.419 e. The number of rotatable bonds is 7. The average molecular weight is 585 g/mol. The Morgan fingerprint density at radius 2 is 1.90 bits per heavy atom. The summed E-state index contributed by atoms with van der Waals surface area (Å²) >= 11 is 7.37. The highest BCUT2D eigenvalue weighted by molar-refractivity contribution is 7.14. The zero-order valence-electron chi connectivity index (χ0n) is 21.0. The van der Waals surface area contributed by atoms with Crippen LogP contribution in [0.4, 0.5) is 28.5 Å². The summed E-state index contributed by atoms with van der Waals surface area (Å²) in [4.78, 5) is 37.2. The number of pyridine rings is 1. The Morgan fingerprint density at radius 3 is 2.54 bits per heavy atom. The van der Waals surface area contributed by atoms with Crippen LogP contribution in [0.2, 0.25) is 5.02 Å². The van der Waals surface area contributed by atoms with Gasteiger partial charge in [-0.2, -0.15) is 13.2 Å². The van der Waals surface area contributed by atoms with Crippen LogP contribution >= 0.6 is 22.9 Å². The Kier molecular flexibility index (Phi) is 8.72. The zero-order chi connectivity index (χ0) is 28.3. The molecule has 0 saturated carbocycles. The van der Waals surface area contributed by atoms with Gasteiger partial charge in [0.25, 0.3) is 5.91 Å². The van der Waals surface area contributed by atoms with Crippen LogP contribution in [0.15, 0.2) is 35.8 Å². The quantitative estimate of drug-likeness (QED) is 0.383. The second kappa shape index (κ2) is 11.8. The summed E-state index contributed by atoms with van der Waals surface area (Å²) in [5, 5.41) is 7.11. The van der Waals surface area contributed by atoms with E-state index in [9.17, 15) is 27.2 Å². The normalized spacial score (nSPS) is 14.5. The van der Waals surface area contributed by atoms with Crippen molar-refractivity contribution in [2.24, 2.45) is 0 Å². The van der Waals surface area contributed by atoms with Crippen molar-refractivity contribution in [1.29, 1.82) is 0 Å². The molecule has 0 bridgehead atoms. The Bertz CT molecular complexity index is 1360. The van der Waals surface area contributed by atoms with Crippen molar-refractivity contribution in [3.8, 4) is 11.3 Å². The first kappa shape index (κ1) is 28.7. The Morgan fingerprint density at radius 1 is 1.18 bits per heavy atom. The van der Waals surface area contributed by atoms with Crippen LogP contribution in [0.3, 0.4) is 0 Å². The van der Waals surface area contributed by atoms with E-state index in [1.807, 2.05) is 23.6 Å². The lowest BCUT2D eigenvalue weighted by Crippen LogP contribution is -2.50. The predicted octanol–water partition coefficient (Wildman–Crippen LogP) is 4.92. The molecular formula is C25H25ClF4N6O2S. The number of nitrogens with one attached hydrogen (secondary N) is 2. The maximum Gasteiger partial charge on any atom is 0.419 e. The number of piperazine rings is 1. The first-order chi connectivity index (χ1) is 18.4. The summed E-state index contributed by atoms with van der Waals surface area (Å²) in [6.45, 7) is 6.61. The summed E-state index contributed by atoms with van der Waals surface area (Å²) in [7, 11) is 0. The van der Waals surface area contributed by atoms with Crippen molar-refractivity contribution in [2.45, 2.75) is 26.1 Å². The van der Waals surface area contributed by atoms with E-state index in [1.54, 1.807) is 0 Å². The van der Waals surface area contributed by atoms with Gasteiger partial charge in [-0.1, -0.05) is 17.7 Å². The van der Waals surface area contributed by atoms with E-state index < -0.39 is 23.5 Å². The van der Waals surface area contributed by atoms with Gasteiger partial charge in [-0.25, -0.2) is 14.4 Å². The third-order valence-corrected chi connectivity index (χ3v) is 6.91. The summed E-state index contributed by atoms with van der Waals surface area (Å²) in [5.41, 5.74) is -1.60. The molecule has 1 aliphatic rings. The van der Waals surface area contributed by atoms with Crippen LogP contribution in [-0.4, -0.2) is 65.4 Å². The van der Waals surface area contributed by atoms with Gasteiger partial charge in [-0.3, -0.25) is 19.8 Å². The first-order valence-electron chi connectivity index (χ1n) is 12.0.